The van der Waals surface area contributed by atoms with Gasteiger partial charge < -0.3 is 9.32 Å². The van der Waals surface area contributed by atoms with Crippen molar-refractivity contribution in [2.75, 3.05) is 11.9 Å². The van der Waals surface area contributed by atoms with Gasteiger partial charge >= 0.3 is 0 Å². The van der Waals surface area contributed by atoms with Crippen molar-refractivity contribution in [3.63, 3.8) is 0 Å². The SMILES string of the molecule is Cc1nc2ccccn2c1C(=O)N1CCc2nc(NC(=O)c3ccco3)sc2C1. The Bertz CT molecular complexity index is 1220. The molecule has 0 radical (unpaired) electrons. The summed E-state index contributed by atoms with van der Waals surface area (Å²) in [5.41, 5.74) is 2.97. The second-order valence-corrected chi connectivity index (χ2v) is 7.86. The second kappa shape index (κ2) is 6.85. The Labute approximate surface area is 169 Å². The number of furan rings is 1. The number of hydrogen-bond donors (Lipinski definition) is 1. The first-order valence-corrected chi connectivity index (χ1v) is 9.98. The summed E-state index contributed by atoms with van der Waals surface area (Å²) >= 11 is 1.39. The Hall–Kier alpha value is -3.46. The highest BCUT2D eigenvalue weighted by Crippen LogP contribution is 2.29. The van der Waals surface area contributed by atoms with Crippen molar-refractivity contribution >= 4 is 33.9 Å². The zero-order chi connectivity index (χ0) is 20.0. The zero-order valence-electron chi connectivity index (χ0n) is 15.6. The number of pyridine rings is 1. The van der Waals surface area contributed by atoms with E-state index in [1.54, 1.807) is 12.1 Å². The average molecular weight is 407 g/mol. The van der Waals surface area contributed by atoms with Crippen molar-refractivity contribution in [1.82, 2.24) is 19.3 Å². The van der Waals surface area contributed by atoms with Gasteiger partial charge in [-0.15, -0.1) is 0 Å². The van der Waals surface area contributed by atoms with Crippen molar-refractivity contribution < 1.29 is 14.0 Å². The lowest BCUT2D eigenvalue weighted by atomic mass is 10.1. The fourth-order valence-corrected chi connectivity index (χ4v) is 4.53. The van der Waals surface area contributed by atoms with E-state index >= 15 is 0 Å². The summed E-state index contributed by atoms with van der Waals surface area (Å²) in [5.74, 6) is -0.158. The number of carbonyl (C=O) groups is 2. The standard InChI is InChI=1S/C20H17N5O3S/c1-12-17(25-8-3-2-6-16(25)21-12)19(27)24-9-7-13-15(11-24)29-20(22-13)23-18(26)14-5-4-10-28-14/h2-6,8,10H,7,9,11H2,1H3,(H,22,23,26). The summed E-state index contributed by atoms with van der Waals surface area (Å²) < 4.78 is 6.94. The van der Waals surface area contributed by atoms with Crippen LogP contribution >= 0.6 is 11.3 Å². The molecule has 5 heterocycles. The van der Waals surface area contributed by atoms with Gasteiger partial charge in [-0.2, -0.15) is 0 Å². The summed E-state index contributed by atoms with van der Waals surface area (Å²) in [7, 11) is 0. The molecule has 0 unspecified atom stereocenters. The van der Waals surface area contributed by atoms with Crippen LogP contribution in [0, 0.1) is 6.92 Å². The maximum Gasteiger partial charge on any atom is 0.293 e. The van der Waals surface area contributed by atoms with Crippen LogP contribution in [-0.4, -0.2) is 37.6 Å². The fraction of sp³-hybridized carbons (Fsp3) is 0.200. The minimum Gasteiger partial charge on any atom is -0.459 e. The van der Waals surface area contributed by atoms with Crippen LogP contribution in [0.15, 0.2) is 47.2 Å². The summed E-state index contributed by atoms with van der Waals surface area (Å²) in [6, 6.07) is 8.93. The highest BCUT2D eigenvalue weighted by molar-refractivity contribution is 7.15. The molecular weight excluding hydrogens is 390 g/mol. The predicted octanol–water partition coefficient (Wildman–Crippen LogP) is 3.14. The molecule has 0 saturated carbocycles. The van der Waals surface area contributed by atoms with Gasteiger partial charge in [0.1, 0.15) is 11.3 Å². The van der Waals surface area contributed by atoms with Gasteiger partial charge in [0.05, 0.1) is 24.2 Å². The van der Waals surface area contributed by atoms with Crippen LogP contribution < -0.4 is 5.32 Å². The van der Waals surface area contributed by atoms with Gasteiger partial charge in [0.2, 0.25) is 0 Å². The van der Waals surface area contributed by atoms with E-state index in [0.717, 1.165) is 16.2 Å². The molecule has 0 fully saturated rings. The molecule has 5 rings (SSSR count). The Balaban J connectivity index is 1.37. The molecule has 8 nitrogen and oxygen atoms in total. The molecule has 0 saturated heterocycles. The van der Waals surface area contributed by atoms with Crippen LogP contribution in [-0.2, 0) is 13.0 Å². The molecule has 2 amide bonds. The molecule has 0 aromatic carbocycles. The van der Waals surface area contributed by atoms with Gasteiger partial charge in [-0.3, -0.25) is 19.3 Å². The molecule has 146 valence electrons. The van der Waals surface area contributed by atoms with Gasteiger partial charge in [-0.25, -0.2) is 9.97 Å². The van der Waals surface area contributed by atoms with Crippen molar-refractivity contribution in [3.05, 3.63) is 70.5 Å². The van der Waals surface area contributed by atoms with Crippen LogP contribution in [0.3, 0.4) is 0 Å². The molecule has 29 heavy (non-hydrogen) atoms. The summed E-state index contributed by atoms with van der Waals surface area (Å²) in [6.45, 7) is 2.88. The molecule has 0 bridgehead atoms. The van der Waals surface area contributed by atoms with E-state index in [1.807, 2.05) is 40.6 Å². The number of rotatable bonds is 3. The number of carbonyl (C=O) groups excluding carboxylic acids is 2. The largest absolute Gasteiger partial charge is 0.459 e. The molecule has 4 aromatic rings. The van der Waals surface area contributed by atoms with E-state index in [9.17, 15) is 9.59 Å². The molecule has 1 aliphatic heterocycles. The van der Waals surface area contributed by atoms with E-state index in [-0.39, 0.29) is 17.6 Å². The van der Waals surface area contributed by atoms with Crippen molar-refractivity contribution in [2.24, 2.45) is 0 Å². The summed E-state index contributed by atoms with van der Waals surface area (Å²) in [4.78, 5) is 37.2. The molecule has 4 aromatic heterocycles. The van der Waals surface area contributed by atoms with E-state index in [4.69, 9.17) is 4.42 Å². The van der Waals surface area contributed by atoms with Gasteiger partial charge in [-0.1, -0.05) is 17.4 Å². The fourth-order valence-electron chi connectivity index (χ4n) is 3.51. The van der Waals surface area contributed by atoms with E-state index in [1.165, 1.54) is 17.6 Å². The van der Waals surface area contributed by atoms with Crippen LogP contribution in [0.2, 0.25) is 0 Å². The third kappa shape index (κ3) is 3.09. The van der Waals surface area contributed by atoms with Gasteiger partial charge in [0.25, 0.3) is 11.8 Å². The van der Waals surface area contributed by atoms with Crippen molar-refractivity contribution in [1.29, 1.82) is 0 Å². The lowest BCUT2D eigenvalue weighted by Gasteiger charge is -2.26. The summed E-state index contributed by atoms with van der Waals surface area (Å²) in [5, 5.41) is 3.27. The maximum absolute atomic E-state index is 13.2. The van der Waals surface area contributed by atoms with Gasteiger partial charge in [0, 0.05) is 24.0 Å². The van der Waals surface area contributed by atoms with Crippen LogP contribution in [0.4, 0.5) is 5.13 Å². The molecule has 9 heteroatoms. The molecule has 0 atom stereocenters. The number of nitrogens with zero attached hydrogens (tertiary/aromatic N) is 4. The Kier molecular flexibility index (Phi) is 4.17. The first-order chi connectivity index (χ1) is 14.1. The van der Waals surface area contributed by atoms with Crippen LogP contribution in [0.1, 0.15) is 37.3 Å². The third-order valence-corrected chi connectivity index (χ3v) is 5.89. The lowest BCUT2D eigenvalue weighted by molar-refractivity contribution is 0.0728. The first-order valence-electron chi connectivity index (χ1n) is 9.16. The van der Waals surface area contributed by atoms with Crippen molar-refractivity contribution in [2.45, 2.75) is 19.9 Å². The average Bonchev–Trinajstić information content (AvgIpc) is 3.44. The van der Waals surface area contributed by atoms with E-state index < -0.39 is 0 Å². The van der Waals surface area contributed by atoms with Gasteiger partial charge in [0.15, 0.2) is 10.9 Å². The number of anilines is 1. The second-order valence-electron chi connectivity index (χ2n) is 6.77. The molecule has 0 spiro atoms. The lowest BCUT2D eigenvalue weighted by Crippen LogP contribution is -2.36. The highest BCUT2D eigenvalue weighted by Gasteiger charge is 2.28. The summed E-state index contributed by atoms with van der Waals surface area (Å²) in [6.07, 6.45) is 3.95. The quantitative estimate of drug-likeness (QED) is 0.563. The van der Waals surface area contributed by atoms with E-state index in [2.05, 4.69) is 15.3 Å². The number of aryl methyl sites for hydroxylation is 1. The predicted molar refractivity (Wildman–Crippen MR) is 107 cm³/mol. The normalized spacial score (nSPS) is 13.5. The Morgan fingerprint density at radius 2 is 2.10 bits per heavy atom. The van der Waals surface area contributed by atoms with Crippen LogP contribution in [0.25, 0.3) is 5.65 Å². The number of fused-ring (bicyclic) bond motifs is 2. The number of imidazole rings is 1. The minimum absolute atomic E-state index is 0.0542. The zero-order valence-corrected chi connectivity index (χ0v) is 16.4. The smallest absolute Gasteiger partial charge is 0.293 e. The third-order valence-electron chi connectivity index (χ3n) is 4.89. The monoisotopic (exact) mass is 407 g/mol. The molecule has 1 N–H and O–H groups in total. The van der Waals surface area contributed by atoms with Gasteiger partial charge in [-0.05, 0) is 31.2 Å². The minimum atomic E-state index is -0.338. The van der Waals surface area contributed by atoms with Crippen molar-refractivity contribution in [3.8, 4) is 0 Å². The van der Waals surface area contributed by atoms with E-state index in [0.29, 0.717) is 36.0 Å². The van der Waals surface area contributed by atoms with Crippen LogP contribution in [0.5, 0.6) is 0 Å². The number of amides is 2. The Morgan fingerprint density at radius 1 is 1.21 bits per heavy atom. The number of thiazole rings is 1. The first kappa shape index (κ1) is 17.6. The number of hydrogen-bond acceptors (Lipinski definition) is 6. The number of nitrogens with one attached hydrogen (secondary N) is 1. The number of aromatic nitrogens is 3. The molecule has 0 aliphatic carbocycles. The highest BCUT2D eigenvalue weighted by atomic mass is 32.1. The topological polar surface area (TPSA) is 92.7 Å². The Morgan fingerprint density at radius 3 is 2.93 bits per heavy atom. The molecular formula is C20H17N5O3S. The maximum atomic E-state index is 13.2. The molecule has 1 aliphatic rings.